The number of rotatable bonds is 7. The first-order valence-electron chi connectivity index (χ1n) is 12.4. The molecule has 188 valence electrons. The van der Waals surface area contributed by atoms with Crippen molar-refractivity contribution in [3.05, 3.63) is 102 Å². The number of hydrogen-bond donors (Lipinski definition) is 1. The third kappa shape index (κ3) is 3.66. The average molecular weight is 507 g/mol. The summed E-state index contributed by atoms with van der Waals surface area (Å²) < 4.78 is 22.0. The van der Waals surface area contributed by atoms with Gasteiger partial charge in [0.1, 0.15) is 11.5 Å². The molecule has 9 heteroatoms. The highest BCUT2D eigenvalue weighted by molar-refractivity contribution is 5.95. The van der Waals surface area contributed by atoms with Gasteiger partial charge in [-0.3, -0.25) is 9.78 Å². The van der Waals surface area contributed by atoms with Gasteiger partial charge in [0, 0.05) is 24.3 Å². The summed E-state index contributed by atoms with van der Waals surface area (Å²) in [7, 11) is 1.59. The predicted octanol–water partition coefficient (Wildman–Crippen LogP) is 4.24. The molecular weight excluding hydrogens is 483 g/mol. The quantitative estimate of drug-likeness (QED) is 0.332. The molecule has 2 aliphatic carbocycles. The molecular formula is C29H23FN6O2. The summed E-state index contributed by atoms with van der Waals surface area (Å²) in [4.78, 5) is 26.0. The number of carbonyl (C=O) groups is 1. The van der Waals surface area contributed by atoms with Crippen LogP contribution >= 0.6 is 0 Å². The molecule has 2 aliphatic rings. The Labute approximate surface area is 217 Å². The molecule has 1 saturated carbocycles. The second kappa shape index (κ2) is 8.26. The zero-order chi connectivity index (χ0) is 25.9. The van der Waals surface area contributed by atoms with Crippen molar-refractivity contribution in [1.29, 1.82) is 0 Å². The van der Waals surface area contributed by atoms with Crippen LogP contribution in [0.15, 0.2) is 79.3 Å². The lowest BCUT2D eigenvalue weighted by molar-refractivity contribution is 0.0878. The summed E-state index contributed by atoms with van der Waals surface area (Å²) >= 11 is 0. The Morgan fingerprint density at radius 3 is 2.68 bits per heavy atom. The number of halogens is 1. The summed E-state index contributed by atoms with van der Waals surface area (Å²) in [5.41, 5.74) is 2.98. The van der Waals surface area contributed by atoms with Crippen LogP contribution in [0.4, 0.5) is 4.39 Å². The van der Waals surface area contributed by atoms with Gasteiger partial charge in [0.05, 0.1) is 46.7 Å². The van der Waals surface area contributed by atoms with Gasteiger partial charge in [-0.2, -0.15) is 9.61 Å². The Hall–Kier alpha value is -4.50. The van der Waals surface area contributed by atoms with E-state index in [-0.39, 0.29) is 11.1 Å². The van der Waals surface area contributed by atoms with Crippen LogP contribution in [0.5, 0.6) is 0 Å². The minimum Gasteiger partial charge on any atom is -0.382 e. The minimum atomic E-state index is -0.619. The fourth-order valence-corrected chi connectivity index (χ4v) is 5.02. The van der Waals surface area contributed by atoms with E-state index in [1.54, 1.807) is 36.3 Å². The molecule has 1 fully saturated rings. The van der Waals surface area contributed by atoms with E-state index in [9.17, 15) is 4.79 Å². The third-order valence-electron chi connectivity index (χ3n) is 7.40. The molecule has 3 heterocycles. The van der Waals surface area contributed by atoms with E-state index in [1.807, 2.05) is 18.2 Å². The molecule has 38 heavy (non-hydrogen) atoms. The van der Waals surface area contributed by atoms with Gasteiger partial charge >= 0.3 is 0 Å². The van der Waals surface area contributed by atoms with Gasteiger partial charge in [-0.15, -0.1) is 0 Å². The van der Waals surface area contributed by atoms with Crippen LogP contribution in [0.1, 0.15) is 34.5 Å². The van der Waals surface area contributed by atoms with E-state index in [2.05, 4.69) is 44.6 Å². The maximum Gasteiger partial charge on any atom is 0.254 e. The summed E-state index contributed by atoms with van der Waals surface area (Å²) in [5, 5.41) is 8.72. The second-order valence-electron chi connectivity index (χ2n) is 9.97. The summed E-state index contributed by atoms with van der Waals surface area (Å²) in [6, 6.07) is 14.6. The van der Waals surface area contributed by atoms with Gasteiger partial charge in [0.2, 0.25) is 0 Å². The number of methoxy groups -OCH3 is 1. The number of amides is 1. The molecule has 1 amide bonds. The SMILES string of the molecule is COCC1(NC(=O)c2ccc(-c3cnc4ncc(C5(c6ccc7ncccc7c6)C=C5)n4n3)cc2F)CC1. The van der Waals surface area contributed by atoms with Crippen LogP contribution in [0.25, 0.3) is 27.9 Å². The number of imidazole rings is 1. The summed E-state index contributed by atoms with van der Waals surface area (Å²) in [6.45, 7) is 0.410. The number of nitrogens with one attached hydrogen (secondary N) is 1. The molecule has 8 nitrogen and oxygen atoms in total. The van der Waals surface area contributed by atoms with Crippen molar-refractivity contribution in [2.75, 3.05) is 13.7 Å². The van der Waals surface area contributed by atoms with Crippen LogP contribution in [-0.4, -0.2) is 49.7 Å². The van der Waals surface area contributed by atoms with Gasteiger partial charge in [0.25, 0.3) is 11.7 Å². The lowest BCUT2D eigenvalue weighted by Crippen LogP contribution is -2.40. The Bertz CT molecular complexity index is 1770. The number of benzene rings is 2. The largest absolute Gasteiger partial charge is 0.382 e. The molecule has 0 unspecified atom stereocenters. The van der Waals surface area contributed by atoms with Crippen LogP contribution < -0.4 is 5.32 Å². The van der Waals surface area contributed by atoms with Crippen molar-refractivity contribution in [3.8, 4) is 11.3 Å². The van der Waals surface area contributed by atoms with Crippen LogP contribution in [-0.2, 0) is 10.2 Å². The molecule has 0 spiro atoms. The Morgan fingerprint density at radius 1 is 1.08 bits per heavy atom. The lowest BCUT2D eigenvalue weighted by Gasteiger charge is -2.17. The van der Waals surface area contributed by atoms with Crippen LogP contribution in [0.2, 0.25) is 0 Å². The molecule has 2 aromatic carbocycles. The molecule has 0 atom stereocenters. The predicted molar refractivity (Wildman–Crippen MR) is 139 cm³/mol. The average Bonchev–Trinajstić information content (AvgIpc) is 3.85. The molecule has 3 aromatic heterocycles. The molecule has 1 N–H and O–H groups in total. The van der Waals surface area contributed by atoms with Gasteiger partial charge in [-0.05, 0) is 48.7 Å². The third-order valence-corrected chi connectivity index (χ3v) is 7.40. The second-order valence-corrected chi connectivity index (χ2v) is 9.97. The normalized spacial score (nSPS) is 16.6. The molecule has 0 saturated heterocycles. The highest BCUT2D eigenvalue weighted by Crippen LogP contribution is 2.45. The van der Waals surface area contributed by atoms with Crippen LogP contribution in [0, 0.1) is 5.82 Å². The van der Waals surface area contributed by atoms with Crippen molar-refractivity contribution in [3.63, 3.8) is 0 Å². The number of ether oxygens (including phenoxy) is 1. The highest BCUT2D eigenvalue weighted by atomic mass is 19.1. The zero-order valence-corrected chi connectivity index (χ0v) is 20.6. The number of allylic oxidation sites excluding steroid dienone is 2. The fourth-order valence-electron chi connectivity index (χ4n) is 5.02. The first-order valence-corrected chi connectivity index (χ1v) is 12.4. The Morgan fingerprint density at radius 2 is 1.92 bits per heavy atom. The Balaban J connectivity index is 1.22. The highest BCUT2D eigenvalue weighted by Gasteiger charge is 2.44. The molecule has 5 aromatic rings. The van der Waals surface area contributed by atoms with Crippen LogP contribution in [0.3, 0.4) is 0 Å². The van der Waals surface area contributed by atoms with Crippen molar-refractivity contribution in [2.45, 2.75) is 23.8 Å². The standard InChI is InChI=1S/C29H23FN6O2/c1-38-17-28(8-9-28)34-26(37)21-6-4-19(14-22(21)30)24-15-32-27-33-16-25(36(27)35-24)29(10-11-29)20-5-7-23-18(13-20)3-2-12-31-23/h2-7,10-16H,8-9,17H2,1H3,(H,34,37). The van der Waals surface area contributed by atoms with E-state index < -0.39 is 17.1 Å². The number of aromatic nitrogens is 5. The van der Waals surface area contributed by atoms with E-state index in [1.165, 1.54) is 12.1 Å². The number of carbonyl (C=O) groups excluding carboxylic acids is 1. The van der Waals surface area contributed by atoms with E-state index in [4.69, 9.17) is 9.84 Å². The molecule has 0 radical (unpaired) electrons. The van der Waals surface area contributed by atoms with E-state index >= 15 is 4.39 Å². The Kier molecular flexibility index (Phi) is 4.93. The van der Waals surface area contributed by atoms with E-state index in [0.29, 0.717) is 23.6 Å². The topological polar surface area (TPSA) is 94.3 Å². The van der Waals surface area contributed by atoms with Crippen molar-refractivity contribution >= 4 is 22.6 Å². The number of hydrogen-bond acceptors (Lipinski definition) is 6. The van der Waals surface area contributed by atoms with Gasteiger partial charge in [0.15, 0.2) is 0 Å². The molecule has 0 bridgehead atoms. The minimum absolute atomic E-state index is 0.0135. The number of nitrogens with zero attached hydrogens (tertiary/aromatic N) is 5. The maximum atomic E-state index is 15.1. The van der Waals surface area contributed by atoms with E-state index in [0.717, 1.165) is 35.0 Å². The maximum absolute atomic E-state index is 15.1. The molecule has 0 aliphatic heterocycles. The zero-order valence-electron chi connectivity index (χ0n) is 20.6. The van der Waals surface area contributed by atoms with Gasteiger partial charge in [-0.1, -0.05) is 30.4 Å². The van der Waals surface area contributed by atoms with Crippen molar-refractivity contribution < 1.29 is 13.9 Å². The number of fused-ring (bicyclic) bond motifs is 2. The smallest absolute Gasteiger partial charge is 0.254 e. The summed E-state index contributed by atoms with van der Waals surface area (Å²) in [6.07, 6.45) is 11.0. The first-order chi connectivity index (χ1) is 18.5. The summed E-state index contributed by atoms with van der Waals surface area (Å²) in [5.74, 6) is -0.621. The fraction of sp³-hybridized carbons (Fsp3) is 0.207. The number of pyridine rings is 1. The lowest BCUT2D eigenvalue weighted by atomic mass is 9.89. The van der Waals surface area contributed by atoms with Gasteiger partial charge in [-0.25, -0.2) is 14.4 Å². The van der Waals surface area contributed by atoms with Crippen molar-refractivity contribution in [2.24, 2.45) is 0 Å². The molecule has 7 rings (SSSR count). The monoisotopic (exact) mass is 506 g/mol. The van der Waals surface area contributed by atoms with Gasteiger partial charge < -0.3 is 10.1 Å². The first kappa shape index (κ1) is 22.7. The van der Waals surface area contributed by atoms with Crippen molar-refractivity contribution in [1.82, 2.24) is 29.9 Å².